The normalized spacial score (nSPS) is 10.3. The maximum absolute atomic E-state index is 13.2. The van der Waals surface area contributed by atoms with Gasteiger partial charge < -0.3 is 10.6 Å². The van der Waals surface area contributed by atoms with Gasteiger partial charge in [0.1, 0.15) is 11.4 Å². The van der Waals surface area contributed by atoms with Crippen LogP contribution < -0.4 is 10.6 Å². The highest BCUT2D eigenvalue weighted by Crippen LogP contribution is 2.14. The van der Waals surface area contributed by atoms with Gasteiger partial charge in [-0.15, -0.1) is 0 Å². The first-order chi connectivity index (χ1) is 13.0. The number of anilines is 1. The molecule has 0 aliphatic carbocycles. The molecule has 0 bridgehead atoms. The Hall–Kier alpha value is -3.68. The Morgan fingerprint density at radius 1 is 0.889 bits per heavy atom. The first-order valence-electron chi connectivity index (χ1n) is 7.93. The van der Waals surface area contributed by atoms with E-state index in [1.165, 1.54) is 24.3 Å². The van der Waals surface area contributed by atoms with Gasteiger partial charge in [-0.25, -0.2) is 13.8 Å². The van der Waals surface area contributed by atoms with Crippen molar-refractivity contribution in [3.63, 3.8) is 0 Å². The van der Waals surface area contributed by atoms with Crippen LogP contribution in [0.15, 0.2) is 60.9 Å². The van der Waals surface area contributed by atoms with Gasteiger partial charge in [0.15, 0.2) is 11.6 Å². The summed E-state index contributed by atoms with van der Waals surface area (Å²) in [7, 11) is 0. The van der Waals surface area contributed by atoms with E-state index in [0.29, 0.717) is 0 Å². The Kier molecular flexibility index (Phi) is 5.46. The van der Waals surface area contributed by atoms with Gasteiger partial charge in [0.2, 0.25) is 0 Å². The molecule has 0 radical (unpaired) electrons. The molecule has 2 heterocycles. The maximum atomic E-state index is 13.2. The number of aromatic nitrogens is 2. The predicted molar refractivity (Wildman–Crippen MR) is 94.0 cm³/mol. The summed E-state index contributed by atoms with van der Waals surface area (Å²) in [6.45, 7) is 0.286. The van der Waals surface area contributed by atoms with Crippen molar-refractivity contribution in [3.05, 3.63) is 89.5 Å². The smallest absolute Gasteiger partial charge is 0.274 e. The van der Waals surface area contributed by atoms with E-state index >= 15 is 0 Å². The summed E-state index contributed by atoms with van der Waals surface area (Å²) in [4.78, 5) is 32.4. The van der Waals surface area contributed by atoms with Crippen molar-refractivity contribution < 1.29 is 18.4 Å². The second-order valence-corrected chi connectivity index (χ2v) is 5.53. The molecule has 0 saturated carbocycles. The molecule has 27 heavy (non-hydrogen) atoms. The lowest BCUT2D eigenvalue weighted by atomic mass is 10.2. The van der Waals surface area contributed by atoms with E-state index in [2.05, 4.69) is 20.6 Å². The van der Waals surface area contributed by atoms with Crippen LogP contribution in [0.3, 0.4) is 0 Å². The predicted octanol–water partition coefficient (Wildman–Crippen LogP) is 2.94. The lowest BCUT2D eigenvalue weighted by Gasteiger charge is -2.08. The van der Waals surface area contributed by atoms with Crippen molar-refractivity contribution in [2.45, 2.75) is 6.54 Å². The lowest BCUT2D eigenvalue weighted by molar-refractivity contribution is 0.0945. The Balaban J connectivity index is 1.67. The molecule has 0 aliphatic rings. The third kappa shape index (κ3) is 4.69. The van der Waals surface area contributed by atoms with E-state index in [-0.39, 0.29) is 23.6 Å². The van der Waals surface area contributed by atoms with Gasteiger partial charge >= 0.3 is 0 Å². The highest BCUT2D eigenvalue weighted by Gasteiger charge is 2.13. The minimum Gasteiger partial charge on any atom is -0.347 e. The van der Waals surface area contributed by atoms with Crippen molar-refractivity contribution in [1.29, 1.82) is 0 Å². The zero-order chi connectivity index (χ0) is 19.2. The van der Waals surface area contributed by atoms with E-state index in [1.807, 2.05) is 0 Å². The Morgan fingerprint density at radius 2 is 1.59 bits per heavy atom. The number of benzene rings is 1. The third-order valence-corrected chi connectivity index (χ3v) is 3.59. The molecule has 0 spiro atoms. The van der Waals surface area contributed by atoms with E-state index in [4.69, 9.17) is 0 Å². The number of nitrogens with zero attached hydrogens (tertiary/aromatic N) is 2. The van der Waals surface area contributed by atoms with Gasteiger partial charge in [0.05, 0.1) is 0 Å². The second kappa shape index (κ2) is 8.13. The number of hydrogen-bond acceptors (Lipinski definition) is 4. The van der Waals surface area contributed by atoms with Crippen molar-refractivity contribution >= 4 is 17.5 Å². The minimum absolute atomic E-state index is 0.0312. The van der Waals surface area contributed by atoms with Crippen LogP contribution in [0.25, 0.3) is 0 Å². The van der Waals surface area contributed by atoms with Gasteiger partial charge in [-0.2, -0.15) is 0 Å². The molecule has 2 amide bonds. The second-order valence-electron chi connectivity index (χ2n) is 5.53. The fourth-order valence-corrected chi connectivity index (χ4v) is 2.23. The molecule has 0 atom stereocenters. The minimum atomic E-state index is -1.08. The van der Waals surface area contributed by atoms with E-state index in [0.717, 1.165) is 17.7 Å². The van der Waals surface area contributed by atoms with Crippen molar-refractivity contribution in [2.24, 2.45) is 0 Å². The van der Waals surface area contributed by atoms with Gasteiger partial charge in [0.25, 0.3) is 11.8 Å². The molecule has 2 aromatic heterocycles. The Labute approximate surface area is 153 Å². The van der Waals surface area contributed by atoms with Crippen molar-refractivity contribution in [3.8, 4) is 0 Å². The lowest BCUT2D eigenvalue weighted by Crippen LogP contribution is -2.25. The average Bonchev–Trinajstić information content (AvgIpc) is 2.70. The average molecular weight is 368 g/mol. The molecular formula is C19H14F2N4O2. The van der Waals surface area contributed by atoms with Gasteiger partial charge in [-0.1, -0.05) is 6.07 Å². The van der Waals surface area contributed by atoms with E-state index in [9.17, 15) is 18.4 Å². The number of carbonyl (C=O) groups excluding carboxylic acids is 2. The van der Waals surface area contributed by atoms with Crippen LogP contribution in [0.1, 0.15) is 26.5 Å². The summed E-state index contributed by atoms with van der Waals surface area (Å²) in [5, 5.41) is 5.10. The van der Waals surface area contributed by atoms with Crippen LogP contribution in [0.4, 0.5) is 14.5 Å². The fraction of sp³-hybridized carbons (Fsp3) is 0.0526. The molecule has 6 nitrogen and oxygen atoms in total. The zero-order valence-corrected chi connectivity index (χ0v) is 13.9. The van der Waals surface area contributed by atoms with Crippen LogP contribution in [0.5, 0.6) is 0 Å². The molecule has 2 N–H and O–H groups in total. The van der Waals surface area contributed by atoms with Crippen LogP contribution >= 0.6 is 0 Å². The zero-order valence-electron chi connectivity index (χ0n) is 13.9. The third-order valence-electron chi connectivity index (χ3n) is 3.59. The molecule has 0 aliphatic heterocycles. The molecule has 3 aromatic rings. The fourth-order valence-electron chi connectivity index (χ4n) is 2.23. The van der Waals surface area contributed by atoms with Crippen molar-refractivity contribution in [1.82, 2.24) is 15.3 Å². The van der Waals surface area contributed by atoms with Crippen LogP contribution in [0.2, 0.25) is 0 Å². The summed E-state index contributed by atoms with van der Waals surface area (Å²) in [5.74, 6) is -3.19. The highest BCUT2D eigenvalue weighted by molar-refractivity contribution is 6.03. The number of halogens is 2. The first kappa shape index (κ1) is 18.1. The number of rotatable bonds is 5. The number of amides is 2. The quantitative estimate of drug-likeness (QED) is 0.725. The molecular weight excluding hydrogens is 354 g/mol. The summed E-state index contributed by atoms with van der Waals surface area (Å²) in [5.41, 5.74) is 0.970. The van der Waals surface area contributed by atoms with Gasteiger partial charge in [-0.3, -0.25) is 14.6 Å². The summed E-state index contributed by atoms with van der Waals surface area (Å²) in [6, 6.07) is 10.9. The monoisotopic (exact) mass is 368 g/mol. The SMILES string of the molecule is O=C(NCc1ccncc1)c1cccc(C(=O)Nc2ccc(F)c(F)c2)n1. The number of hydrogen-bond donors (Lipinski definition) is 2. The molecule has 0 unspecified atom stereocenters. The summed E-state index contributed by atoms with van der Waals surface area (Å²) in [6.07, 6.45) is 3.23. The number of pyridine rings is 2. The van der Waals surface area contributed by atoms with Gasteiger partial charge in [-0.05, 0) is 42.0 Å². The molecule has 136 valence electrons. The number of nitrogens with one attached hydrogen (secondary N) is 2. The standard InChI is InChI=1S/C19H14F2N4O2/c20-14-5-4-13(10-15(14)21)24-19(27)17-3-1-2-16(25-17)18(26)23-11-12-6-8-22-9-7-12/h1-10H,11H2,(H,23,26)(H,24,27). The van der Waals surface area contributed by atoms with Gasteiger partial charge in [0, 0.05) is 30.7 Å². The maximum Gasteiger partial charge on any atom is 0.274 e. The molecule has 0 saturated heterocycles. The highest BCUT2D eigenvalue weighted by atomic mass is 19.2. The summed E-state index contributed by atoms with van der Waals surface area (Å²) < 4.78 is 26.2. The summed E-state index contributed by atoms with van der Waals surface area (Å²) >= 11 is 0. The first-order valence-corrected chi connectivity index (χ1v) is 7.93. The van der Waals surface area contributed by atoms with Crippen LogP contribution in [-0.4, -0.2) is 21.8 Å². The van der Waals surface area contributed by atoms with Crippen LogP contribution in [0, 0.1) is 11.6 Å². The number of carbonyl (C=O) groups is 2. The van der Waals surface area contributed by atoms with E-state index < -0.39 is 23.4 Å². The molecule has 8 heteroatoms. The van der Waals surface area contributed by atoms with Crippen molar-refractivity contribution in [2.75, 3.05) is 5.32 Å². The van der Waals surface area contributed by atoms with Crippen LogP contribution in [-0.2, 0) is 6.54 Å². The molecule has 0 fully saturated rings. The molecule has 1 aromatic carbocycles. The molecule has 3 rings (SSSR count). The Bertz CT molecular complexity index is 980. The Morgan fingerprint density at radius 3 is 2.30 bits per heavy atom. The topological polar surface area (TPSA) is 84.0 Å². The van der Waals surface area contributed by atoms with E-state index in [1.54, 1.807) is 24.5 Å². The largest absolute Gasteiger partial charge is 0.347 e.